The van der Waals surface area contributed by atoms with Crippen LogP contribution in [0.2, 0.25) is 5.02 Å². The van der Waals surface area contributed by atoms with E-state index in [1.165, 1.54) is 11.3 Å². The highest BCUT2D eigenvalue weighted by Crippen LogP contribution is 2.35. The first-order chi connectivity index (χ1) is 12.5. The minimum Gasteiger partial charge on any atom is -0.497 e. The van der Waals surface area contributed by atoms with Gasteiger partial charge in [0.1, 0.15) is 16.4 Å². The number of thiocarbonyl (C=S) groups is 1. The minimum absolute atomic E-state index is 0.134. The average Bonchev–Trinajstić information content (AvgIpc) is 2.98. The van der Waals surface area contributed by atoms with Crippen molar-refractivity contribution in [3.05, 3.63) is 52.4 Å². The van der Waals surface area contributed by atoms with Gasteiger partial charge in [0.25, 0.3) is 5.91 Å². The van der Waals surface area contributed by atoms with Gasteiger partial charge in [0.05, 0.1) is 24.9 Å². The number of nitrogens with one attached hydrogen (secondary N) is 2. The van der Waals surface area contributed by atoms with E-state index in [-0.39, 0.29) is 11.0 Å². The molecule has 0 spiro atoms. The summed E-state index contributed by atoms with van der Waals surface area (Å²) in [5, 5.41) is 6.99. The Morgan fingerprint density at radius 2 is 1.92 bits per heavy atom. The molecule has 0 saturated heterocycles. The Morgan fingerprint density at radius 3 is 2.62 bits per heavy atom. The van der Waals surface area contributed by atoms with E-state index in [0.29, 0.717) is 27.1 Å². The maximum atomic E-state index is 12.5. The Hall–Kier alpha value is -2.35. The van der Waals surface area contributed by atoms with Crippen LogP contribution in [0.4, 0.5) is 5.69 Å². The fourth-order valence-corrected chi connectivity index (χ4v) is 4.00. The molecular weight excluding hydrogens is 392 g/mol. The van der Waals surface area contributed by atoms with Crippen LogP contribution in [-0.2, 0) is 0 Å². The van der Waals surface area contributed by atoms with Crippen LogP contribution >= 0.6 is 35.2 Å². The van der Waals surface area contributed by atoms with E-state index in [0.717, 1.165) is 10.1 Å². The first-order valence-electron chi connectivity index (χ1n) is 7.55. The number of benzene rings is 2. The van der Waals surface area contributed by atoms with Crippen molar-refractivity contribution in [1.82, 2.24) is 5.32 Å². The zero-order chi connectivity index (χ0) is 18.7. The molecule has 8 heteroatoms. The summed E-state index contributed by atoms with van der Waals surface area (Å²) in [5.74, 6) is 0.841. The van der Waals surface area contributed by atoms with Crippen LogP contribution in [-0.4, -0.2) is 25.2 Å². The third kappa shape index (κ3) is 3.75. The summed E-state index contributed by atoms with van der Waals surface area (Å²) in [5.41, 5.74) is 0.583. The Morgan fingerprint density at radius 1 is 1.15 bits per heavy atom. The first kappa shape index (κ1) is 18.4. The van der Waals surface area contributed by atoms with Gasteiger partial charge in [-0.3, -0.25) is 10.1 Å². The summed E-state index contributed by atoms with van der Waals surface area (Å²) in [6.07, 6.45) is 0. The summed E-state index contributed by atoms with van der Waals surface area (Å²) in [6.45, 7) is 0. The normalized spacial score (nSPS) is 10.4. The maximum absolute atomic E-state index is 12.5. The molecule has 134 valence electrons. The SMILES string of the molecule is COc1ccc(OC)c(NC(=S)NC(=O)c2sc3ccccc3c2Cl)c1. The molecule has 0 aliphatic heterocycles. The fraction of sp³-hybridized carbons (Fsp3) is 0.111. The van der Waals surface area contributed by atoms with Crippen molar-refractivity contribution >= 4 is 61.9 Å². The van der Waals surface area contributed by atoms with Gasteiger partial charge in [-0.25, -0.2) is 0 Å². The van der Waals surface area contributed by atoms with Crippen molar-refractivity contribution in [2.24, 2.45) is 0 Å². The summed E-state index contributed by atoms with van der Waals surface area (Å²) in [6, 6.07) is 12.8. The van der Waals surface area contributed by atoms with E-state index in [9.17, 15) is 4.79 Å². The lowest BCUT2D eigenvalue weighted by Crippen LogP contribution is -2.33. The topological polar surface area (TPSA) is 59.6 Å². The van der Waals surface area contributed by atoms with Crippen molar-refractivity contribution in [3.8, 4) is 11.5 Å². The number of hydrogen-bond acceptors (Lipinski definition) is 5. The smallest absolute Gasteiger partial charge is 0.269 e. The number of rotatable bonds is 4. The Labute approximate surface area is 164 Å². The van der Waals surface area contributed by atoms with E-state index < -0.39 is 0 Å². The standard InChI is InChI=1S/C18H15ClN2O3S2/c1-23-10-7-8-13(24-2)12(9-10)20-18(25)21-17(22)16-15(19)11-5-3-4-6-14(11)26-16/h3-9H,1-2H3,(H2,20,21,22,25). The Bertz CT molecular complexity index is 988. The molecule has 3 rings (SSSR count). The molecule has 0 atom stereocenters. The molecule has 1 amide bonds. The van der Waals surface area contributed by atoms with Gasteiger partial charge in [-0.1, -0.05) is 29.8 Å². The summed E-state index contributed by atoms with van der Waals surface area (Å²) in [7, 11) is 3.11. The zero-order valence-corrected chi connectivity index (χ0v) is 16.3. The second-order valence-corrected chi connectivity index (χ2v) is 7.05. The van der Waals surface area contributed by atoms with E-state index in [1.54, 1.807) is 32.4 Å². The summed E-state index contributed by atoms with van der Waals surface area (Å²) in [4.78, 5) is 13.0. The first-order valence-corrected chi connectivity index (χ1v) is 9.15. The van der Waals surface area contributed by atoms with Crippen molar-refractivity contribution in [2.75, 3.05) is 19.5 Å². The van der Waals surface area contributed by atoms with Crippen molar-refractivity contribution < 1.29 is 14.3 Å². The number of carbonyl (C=O) groups is 1. The van der Waals surface area contributed by atoms with E-state index in [4.69, 9.17) is 33.3 Å². The largest absolute Gasteiger partial charge is 0.497 e. The molecule has 0 unspecified atom stereocenters. The second kappa shape index (κ2) is 7.90. The van der Waals surface area contributed by atoms with Crippen LogP contribution in [0.3, 0.4) is 0 Å². The molecule has 2 aromatic carbocycles. The van der Waals surface area contributed by atoms with Crippen molar-refractivity contribution in [2.45, 2.75) is 0 Å². The third-order valence-corrected chi connectivity index (χ3v) is 5.50. The van der Waals surface area contributed by atoms with Gasteiger partial charge in [0.2, 0.25) is 0 Å². The van der Waals surface area contributed by atoms with Crippen LogP contribution in [0.1, 0.15) is 9.67 Å². The second-order valence-electron chi connectivity index (χ2n) is 5.22. The molecule has 0 bridgehead atoms. The van der Waals surface area contributed by atoms with Crippen molar-refractivity contribution in [3.63, 3.8) is 0 Å². The number of fused-ring (bicyclic) bond motifs is 1. The molecule has 0 radical (unpaired) electrons. The molecule has 1 heterocycles. The molecule has 0 saturated carbocycles. The van der Waals surface area contributed by atoms with Gasteiger partial charge in [0, 0.05) is 16.2 Å². The monoisotopic (exact) mass is 406 g/mol. The molecule has 2 N–H and O–H groups in total. The fourth-order valence-electron chi connectivity index (χ4n) is 2.39. The molecule has 5 nitrogen and oxygen atoms in total. The molecule has 3 aromatic rings. The van der Waals surface area contributed by atoms with E-state index >= 15 is 0 Å². The minimum atomic E-state index is -0.365. The number of anilines is 1. The predicted octanol–water partition coefficient (Wildman–Crippen LogP) is 4.70. The van der Waals surface area contributed by atoms with Crippen LogP contribution in [0.15, 0.2) is 42.5 Å². The quantitative estimate of drug-likeness (QED) is 0.615. The lowest BCUT2D eigenvalue weighted by Gasteiger charge is -2.13. The van der Waals surface area contributed by atoms with Crippen LogP contribution in [0, 0.1) is 0 Å². The lowest BCUT2D eigenvalue weighted by atomic mass is 10.2. The molecule has 1 aromatic heterocycles. The average molecular weight is 407 g/mol. The van der Waals surface area contributed by atoms with Gasteiger partial charge < -0.3 is 14.8 Å². The lowest BCUT2D eigenvalue weighted by molar-refractivity contribution is 0.0982. The number of thiophene rings is 1. The summed E-state index contributed by atoms with van der Waals surface area (Å²) >= 11 is 12.9. The highest BCUT2D eigenvalue weighted by molar-refractivity contribution is 7.80. The number of halogens is 1. The Balaban J connectivity index is 1.77. The van der Waals surface area contributed by atoms with Crippen molar-refractivity contribution in [1.29, 1.82) is 0 Å². The molecule has 0 aliphatic rings. The Kier molecular flexibility index (Phi) is 5.61. The number of carbonyl (C=O) groups excluding carboxylic acids is 1. The van der Waals surface area contributed by atoms with Gasteiger partial charge >= 0.3 is 0 Å². The number of ether oxygens (including phenoxy) is 2. The number of amides is 1. The zero-order valence-electron chi connectivity index (χ0n) is 14.0. The predicted molar refractivity (Wildman–Crippen MR) is 110 cm³/mol. The molecule has 0 aliphatic carbocycles. The number of hydrogen-bond donors (Lipinski definition) is 2. The van der Waals surface area contributed by atoms with Crippen LogP contribution < -0.4 is 20.1 Å². The van der Waals surface area contributed by atoms with E-state index in [2.05, 4.69) is 10.6 Å². The summed E-state index contributed by atoms with van der Waals surface area (Å²) < 4.78 is 11.4. The number of methoxy groups -OCH3 is 2. The third-order valence-electron chi connectivity index (χ3n) is 3.62. The highest BCUT2D eigenvalue weighted by Gasteiger charge is 2.18. The van der Waals surface area contributed by atoms with Gasteiger partial charge in [-0.15, -0.1) is 11.3 Å². The highest BCUT2D eigenvalue weighted by atomic mass is 35.5. The van der Waals surface area contributed by atoms with Gasteiger partial charge in [-0.2, -0.15) is 0 Å². The van der Waals surface area contributed by atoms with Gasteiger partial charge in [-0.05, 0) is 30.4 Å². The maximum Gasteiger partial charge on any atom is 0.269 e. The van der Waals surface area contributed by atoms with Crippen LogP contribution in [0.25, 0.3) is 10.1 Å². The van der Waals surface area contributed by atoms with Gasteiger partial charge in [0.15, 0.2) is 5.11 Å². The van der Waals surface area contributed by atoms with Crippen LogP contribution in [0.5, 0.6) is 11.5 Å². The molecule has 0 fully saturated rings. The molecule has 26 heavy (non-hydrogen) atoms. The molecular formula is C18H15ClN2O3S2. The van der Waals surface area contributed by atoms with E-state index in [1.807, 2.05) is 24.3 Å².